The van der Waals surface area contributed by atoms with Gasteiger partial charge in [0.1, 0.15) is 5.15 Å². The standard InChI is InChI=1S/C14H20ClNO3/c1-10(17)7-14(3-4-19-9-14)12-5-11(8-18-2)6-13(15)16-12/h5-6,10,17H,3-4,7-9H2,1-2H3/t10-,14+/m1/s1. The summed E-state index contributed by atoms with van der Waals surface area (Å²) in [6, 6.07) is 3.81. The van der Waals surface area contributed by atoms with Crippen molar-refractivity contribution >= 4 is 11.6 Å². The first-order valence-electron chi connectivity index (χ1n) is 6.47. The molecule has 4 nitrogen and oxygen atoms in total. The van der Waals surface area contributed by atoms with Gasteiger partial charge >= 0.3 is 0 Å². The number of hydrogen-bond acceptors (Lipinski definition) is 4. The summed E-state index contributed by atoms with van der Waals surface area (Å²) >= 11 is 6.09. The fourth-order valence-electron chi connectivity index (χ4n) is 2.71. The van der Waals surface area contributed by atoms with E-state index in [2.05, 4.69) is 4.98 Å². The van der Waals surface area contributed by atoms with Crippen LogP contribution in [0, 0.1) is 0 Å². The van der Waals surface area contributed by atoms with Gasteiger partial charge < -0.3 is 14.6 Å². The molecule has 106 valence electrons. The van der Waals surface area contributed by atoms with Crippen LogP contribution in [0.5, 0.6) is 0 Å². The summed E-state index contributed by atoms with van der Waals surface area (Å²) < 4.78 is 10.7. The Morgan fingerprint density at radius 2 is 2.37 bits per heavy atom. The summed E-state index contributed by atoms with van der Waals surface area (Å²) in [4.78, 5) is 4.44. The van der Waals surface area contributed by atoms with Crippen molar-refractivity contribution in [2.45, 2.75) is 37.9 Å². The molecule has 1 aliphatic heterocycles. The van der Waals surface area contributed by atoms with Gasteiger partial charge in [0.2, 0.25) is 0 Å². The molecular formula is C14H20ClNO3. The zero-order chi connectivity index (χ0) is 13.9. The maximum absolute atomic E-state index is 9.74. The summed E-state index contributed by atoms with van der Waals surface area (Å²) in [6.07, 6.45) is 1.10. The van der Waals surface area contributed by atoms with E-state index >= 15 is 0 Å². The van der Waals surface area contributed by atoms with Gasteiger partial charge in [0.25, 0.3) is 0 Å². The minimum absolute atomic E-state index is 0.235. The summed E-state index contributed by atoms with van der Waals surface area (Å²) in [7, 11) is 1.65. The molecule has 0 saturated carbocycles. The van der Waals surface area contributed by atoms with Gasteiger partial charge in [-0.25, -0.2) is 4.98 Å². The van der Waals surface area contributed by atoms with Crippen LogP contribution in [0.2, 0.25) is 5.15 Å². The van der Waals surface area contributed by atoms with Crippen LogP contribution in [-0.4, -0.2) is 36.5 Å². The van der Waals surface area contributed by atoms with Crippen molar-refractivity contribution in [2.24, 2.45) is 0 Å². The average Bonchev–Trinajstić information content (AvgIpc) is 2.77. The summed E-state index contributed by atoms with van der Waals surface area (Å²) in [5.41, 5.74) is 1.65. The largest absolute Gasteiger partial charge is 0.393 e. The van der Waals surface area contributed by atoms with Crippen molar-refractivity contribution in [3.05, 3.63) is 28.5 Å². The van der Waals surface area contributed by atoms with Crippen LogP contribution in [0.15, 0.2) is 12.1 Å². The number of aliphatic hydroxyl groups excluding tert-OH is 1. The molecule has 2 rings (SSSR count). The Hall–Kier alpha value is -0.680. The quantitative estimate of drug-likeness (QED) is 0.844. The van der Waals surface area contributed by atoms with E-state index in [1.807, 2.05) is 6.07 Å². The van der Waals surface area contributed by atoms with Crippen LogP contribution in [0.1, 0.15) is 31.0 Å². The second-order valence-electron chi connectivity index (χ2n) is 5.25. The molecule has 0 unspecified atom stereocenters. The van der Waals surface area contributed by atoms with Gasteiger partial charge in [0.05, 0.1) is 25.0 Å². The number of rotatable bonds is 5. The molecule has 1 fully saturated rings. The Kier molecular flexibility index (Phi) is 4.79. The van der Waals surface area contributed by atoms with Crippen molar-refractivity contribution in [2.75, 3.05) is 20.3 Å². The Bertz CT molecular complexity index is 431. The molecule has 0 radical (unpaired) electrons. The monoisotopic (exact) mass is 285 g/mol. The van der Waals surface area contributed by atoms with Crippen molar-refractivity contribution in [1.82, 2.24) is 4.98 Å². The molecular weight excluding hydrogens is 266 g/mol. The van der Waals surface area contributed by atoms with Gasteiger partial charge in [-0.3, -0.25) is 0 Å². The van der Waals surface area contributed by atoms with Crippen molar-refractivity contribution in [3.63, 3.8) is 0 Å². The summed E-state index contributed by atoms with van der Waals surface area (Å²) in [5, 5.41) is 10.2. The third kappa shape index (κ3) is 3.45. The Morgan fingerprint density at radius 1 is 1.58 bits per heavy atom. The number of pyridine rings is 1. The van der Waals surface area contributed by atoms with Crippen LogP contribution in [0.3, 0.4) is 0 Å². The van der Waals surface area contributed by atoms with E-state index in [0.29, 0.717) is 31.4 Å². The fourth-order valence-corrected chi connectivity index (χ4v) is 2.94. The SMILES string of the molecule is COCc1cc(Cl)nc([C@]2(C[C@@H](C)O)CCOC2)c1. The topological polar surface area (TPSA) is 51.6 Å². The van der Waals surface area contributed by atoms with E-state index in [-0.39, 0.29) is 5.41 Å². The van der Waals surface area contributed by atoms with Crippen LogP contribution in [-0.2, 0) is 21.5 Å². The molecule has 19 heavy (non-hydrogen) atoms. The molecule has 0 aromatic carbocycles. The van der Waals surface area contributed by atoms with Crippen molar-refractivity contribution in [1.29, 1.82) is 0 Å². The molecule has 0 aliphatic carbocycles. The lowest BCUT2D eigenvalue weighted by atomic mass is 9.78. The first-order valence-corrected chi connectivity index (χ1v) is 6.85. The number of methoxy groups -OCH3 is 1. The van der Waals surface area contributed by atoms with E-state index in [1.165, 1.54) is 0 Å². The molecule has 1 aliphatic rings. The van der Waals surface area contributed by atoms with Gasteiger partial charge in [-0.2, -0.15) is 0 Å². The van der Waals surface area contributed by atoms with E-state index in [4.69, 9.17) is 21.1 Å². The number of nitrogens with zero attached hydrogens (tertiary/aromatic N) is 1. The van der Waals surface area contributed by atoms with E-state index in [1.54, 1.807) is 20.1 Å². The third-order valence-electron chi connectivity index (χ3n) is 3.50. The first kappa shape index (κ1) is 14.7. The highest BCUT2D eigenvalue weighted by Crippen LogP contribution is 2.37. The maximum Gasteiger partial charge on any atom is 0.129 e. The van der Waals surface area contributed by atoms with Crippen LogP contribution < -0.4 is 0 Å². The highest BCUT2D eigenvalue weighted by molar-refractivity contribution is 6.29. The second kappa shape index (κ2) is 6.18. The molecule has 0 amide bonds. The lowest BCUT2D eigenvalue weighted by Gasteiger charge is -2.28. The maximum atomic E-state index is 9.74. The Morgan fingerprint density at radius 3 is 2.95 bits per heavy atom. The lowest BCUT2D eigenvalue weighted by molar-refractivity contribution is 0.123. The van der Waals surface area contributed by atoms with Gasteiger partial charge in [-0.15, -0.1) is 0 Å². The third-order valence-corrected chi connectivity index (χ3v) is 3.69. The number of hydrogen-bond donors (Lipinski definition) is 1. The normalized spacial score (nSPS) is 24.6. The van der Waals surface area contributed by atoms with E-state index in [0.717, 1.165) is 17.7 Å². The van der Waals surface area contributed by atoms with Crippen molar-refractivity contribution < 1.29 is 14.6 Å². The van der Waals surface area contributed by atoms with E-state index < -0.39 is 6.10 Å². The average molecular weight is 286 g/mol. The number of ether oxygens (including phenoxy) is 2. The lowest BCUT2D eigenvalue weighted by Crippen LogP contribution is -2.32. The van der Waals surface area contributed by atoms with Crippen LogP contribution in [0.25, 0.3) is 0 Å². The Labute approximate surface area is 118 Å². The summed E-state index contributed by atoms with van der Waals surface area (Å²) in [6.45, 7) is 3.57. The smallest absolute Gasteiger partial charge is 0.129 e. The first-order chi connectivity index (χ1) is 9.05. The highest BCUT2D eigenvalue weighted by atomic mass is 35.5. The molecule has 2 atom stereocenters. The fraction of sp³-hybridized carbons (Fsp3) is 0.643. The number of halogens is 1. The molecule has 0 bridgehead atoms. The highest BCUT2D eigenvalue weighted by Gasteiger charge is 2.39. The van der Waals surface area contributed by atoms with E-state index in [9.17, 15) is 5.11 Å². The molecule has 5 heteroatoms. The molecule has 1 N–H and O–H groups in total. The number of aromatic nitrogens is 1. The zero-order valence-electron chi connectivity index (χ0n) is 11.4. The summed E-state index contributed by atoms with van der Waals surface area (Å²) in [5.74, 6) is 0. The van der Waals surface area contributed by atoms with Gasteiger partial charge in [-0.05, 0) is 37.5 Å². The molecule has 0 spiro atoms. The molecule has 1 aromatic rings. The molecule has 2 heterocycles. The van der Waals surface area contributed by atoms with Crippen LogP contribution in [0.4, 0.5) is 0 Å². The second-order valence-corrected chi connectivity index (χ2v) is 5.64. The van der Waals surface area contributed by atoms with Gasteiger partial charge in [0, 0.05) is 19.1 Å². The minimum Gasteiger partial charge on any atom is -0.393 e. The van der Waals surface area contributed by atoms with Gasteiger partial charge in [0.15, 0.2) is 0 Å². The number of aliphatic hydroxyl groups is 1. The predicted molar refractivity (Wildman–Crippen MR) is 73.4 cm³/mol. The predicted octanol–water partition coefficient (Wildman–Crippen LogP) is 2.31. The molecule has 1 aromatic heterocycles. The van der Waals surface area contributed by atoms with Crippen LogP contribution >= 0.6 is 11.6 Å². The Balaban J connectivity index is 2.36. The molecule has 1 saturated heterocycles. The van der Waals surface area contributed by atoms with Gasteiger partial charge in [-0.1, -0.05) is 11.6 Å². The van der Waals surface area contributed by atoms with Crippen molar-refractivity contribution in [3.8, 4) is 0 Å². The minimum atomic E-state index is -0.395. The zero-order valence-corrected chi connectivity index (χ0v) is 12.1.